The molecule has 1 aromatic rings. The molecule has 0 saturated heterocycles. The molecule has 0 spiro atoms. The number of aryl methyl sites for hydroxylation is 1. The lowest BCUT2D eigenvalue weighted by Gasteiger charge is -2.21. The summed E-state index contributed by atoms with van der Waals surface area (Å²) in [6, 6.07) is 2.17. The first-order chi connectivity index (χ1) is 8.31. The lowest BCUT2D eigenvalue weighted by Crippen LogP contribution is -2.28. The van der Waals surface area contributed by atoms with Gasteiger partial charge in [0.25, 0.3) is 0 Å². The van der Waals surface area contributed by atoms with Crippen molar-refractivity contribution in [1.82, 2.24) is 4.98 Å². The number of aromatic nitrogens is 1. The number of hydrogen-bond acceptors (Lipinski definition) is 3. The van der Waals surface area contributed by atoms with Crippen molar-refractivity contribution in [3.63, 3.8) is 0 Å². The van der Waals surface area contributed by atoms with Crippen LogP contribution in [0.3, 0.4) is 0 Å². The second-order valence-electron chi connectivity index (χ2n) is 3.44. The summed E-state index contributed by atoms with van der Waals surface area (Å²) in [4.78, 5) is 4.33. The molecule has 0 aromatic carbocycles. The summed E-state index contributed by atoms with van der Waals surface area (Å²) in [7, 11) is 1.69. The Labute approximate surface area is 105 Å². The van der Waals surface area contributed by atoms with Crippen LogP contribution in [0, 0.1) is 0 Å². The van der Waals surface area contributed by atoms with Gasteiger partial charge in [-0.05, 0) is 25.3 Å². The molecule has 2 N–H and O–H groups in total. The van der Waals surface area contributed by atoms with Gasteiger partial charge in [-0.3, -0.25) is 4.98 Å². The maximum absolute atomic E-state index is 5.89. The summed E-state index contributed by atoms with van der Waals surface area (Å²) < 4.78 is 5.27. The summed E-state index contributed by atoms with van der Waals surface area (Å²) in [5.41, 5.74) is 8.24. The number of hydrogen-bond donors (Lipinski definition) is 1. The second kappa shape index (κ2) is 8.99. The molecule has 1 heterocycles. The molecular weight excluding hydrogens is 212 g/mol. The van der Waals surface area contributed by atoms with Crippen LogP contribution >= 0.6 is 0 Å². The maximum Gasteiger partial charge on any atom is 0.125 e. The zero-order chi connectivity index (χ0) is 13.3. The van der Waals surface area contributed by atoms with Gasteiger partial charge in [0.05, 0.1) is 7.11 Å². The van der Waals surface area contributed by atoms with E-state index < -0.39 is 0 Å². The molecule has 0 aliphatic heterocycles. The molecule has 2 rings (SSSR count). The molecule has 3 nitrogen and oxygen atoms in total. The van der Waals surface area contributed by atoms with Gasteiger partial charge >= 0.3 is 0 Å². The van der Waals surface area contributed by atoms with Crippen LogP contribution in [0.2, 0.25) is 0 Å². The van der Waals surface area contributed by atoms with E-state index in [4.69, 9.17) is 10.5 Å². The largest absolute Gasteiger partial charge is 0.496 e. The number of methoxy groups -OCH3 is 1. The molecule has 0 amide bonds. The van der Waals surface area contributed by atoms with Crippen molar-refractivity contribution in [2.75, 3.05) is 7.11 Å². The normalized spacial score (nSPS) is 16.7. The van der Waals surface area contributed by atoms with E-state index in [1.54, 1.807) is 13.3 Å². The maximum atomic E-state index is 5.89. The van der Waals surface area contributed by atoms with Gasteiger partial charge in [0.1, 0.15) is 5.75 Å². The highest BCUT2D eigenvalue weighted by Crippen LogP contribution is 2.26. The first kappa shape index (κ1) is 15.9. The van der Waals surface area contributed by atoms with E-state index in [1.807, 2.05) is 33.8 Å². The van der Waals surface area contributed by atoms with E-state index in [9.17, 15) is 0 Å². The third kappa shape index (κ3) is 4.35. The number of nitrogens with zero attached hydrogens (tertiary/aromatic N) is 1. The number of nitrogens with two attached hydrogens (primary N) is 1. The molecule has 1 unspecified atom stereocenters. The molecule has 0 saturated carbocycles. The van der Waals surface area contributed by atoms with E-state index >= 15 is 0 Å². The second-order valence-corrected chi connectivity index (χ2v) is 3.44. The van der Waals surface area contributed by atoms with E-state index in [-0.39, 0.29) is 6.04 Å². The third-order valence-electron chi connectivity index (χ3n) is 2.54. The van der Waals surface area contributed by atoms with Gasteiger partial charge in [0, 0.05) is 23.5 Å². The van der Waals surface area contributed by atoms with Crippen molar-refractivity contribution in [3.05, 3.63) is 23.5 Å². The van der Waals surface area contributed by atoms with Crippen molar-refractivity contribution in [1.29, 1.82) is 0 Å². The highest BCUT2D eigenvalue weighted by molar-refractivity contribution is 5.38. The summed E-state index contributed by atoms with van der Waals surface area (Å²) in [5, 5.41) is 0. The Morgan fingerprint density at radius 3 is 2.53 bits per heavy atom. The van der Waals surface area contributed by atoms with Crippen molar-refractivity contribution in [2.24, 2.45) is 5.73 Å². The Kier molecular flexibility index (Phi) is 8.42. The fourth-order valence-corrected chi connectivity index (χ4v) is 1.83. The Hall–Kier alpha value is -1.09. The zero-order valence-electron chi connectivity index (χ0n) is 11.8. The standard InChI is InChI=1S/C10H14N2O.2C2H6/c1-13-10-4-5-12-9-3-2-7(11)6-8(9)10;2*1-2/h4-5,7H,2-3,6,11H2,1H3;2*1-2H3. The SMILES string of the molecule is CC.CC.COc1ccnc2c1CC(N)CC2. The van der Waals surface area contributed by atoms with E-state index in [0.717, 1.165) is 30.7 Å². The first-order valence-corrected chi connectivity index (χ1v) is 6.57. The number of ether oxygens (including phenoxy) is 1. The van der Waals surface area contributed by atoms with Crippen molar-refractivity contribution in [2.45, 2.75) is 53.0 Å². The van der Waals surface area contributed by atoms with Gasteiger partial charge < -0.3 is 10.5 Å². The van der Waals surface area contributed by atoms with Gasteiger partial charge in [0.2, 0.25) is 0 Å². The highest BCUT2D eigenvalue weighted by atomic mass is 16.5. The Morgan fingerprint density at radius 2 is 1.94 bits per heavy atom. The molecule has 17 heavy (non-hydrogen) atoms. The van der Waals surface area contributed by atoms with Gasteiger partial charge in [-0.2, -0.15) is 0 Å². The van der Waals surface area contributed by atoms with Gasteiger partial charge in [-0.25, -0.2) is 0 Å². The number of rotatable bonds is 1. The van der Waals surface area contributed by atoms with Crippen LogP contribution in [0.4, 0.5) is 0 Å². The van der Waals surface area contributed by atoms with Crippen LogP contribution in [0.25, 0.3) is 0 Å². The minimum Gasteiger partial charge on any atom is -0.496 e. The fraction of sp³-hybridized carbons (Fsp3) is 0.643. The molecule has 0 radical (unpaired) electrons. The Morgan fingerprint density at radius 1 is 1.29 bits per heavy atom. The average Bonchev–Trinajstić information content (AvgIpc) is 2.42. The van der Waals surface area contributed by atoms with Crippen LogP contribution in [-0.4, -0.2) is 18.1 Å². The molecule has 1 aromatic heterocycles. The first-order valence-electron chi connectivity index (χ1n) is 6.57. The van der Waals surface area contributed by atoms with Crippen LogP contribution in [0.15, 0.2) is 12.3 Å². The predicted molar refractivity (Wildman–Crippen MR) is 73.5 cm³/mol. The Bertz CT molecular complexity index is 299. The van der Waals surface area contributed by atoms with Crippen molar-refractivity contribution >= 4 is 0 Å². The van der Waals surface area contributed by atoms with Crippen LogP contribution in [-0.2, 0) is 12.8 Å². The quantitative estimate of drug-likeness (QED) is 0.818. The van der Waals surface area contributed by atoms with E-state index in [0.29, 0.717) is 0 Å². The fourth-order valence-electron chi connectivity index (χ4n) is 1.83. The lowest BCUT2D eigenvalue weighted by molar-refractivity contribution is 0.401. The molecule has 1 atom stereocenters. The summed E-state index contributed by atoms with van der Waals surface area (Å²) in [5.74, 6) is 0.931. The third-order valence-corrected chi connectivity index (χ3v) is 2.54. The molecule has 0 fully saturated rings. The monoisotopic (exact) mass is 238 g/mol. The number of fused-ring (bicyclic) bond motifs is 1. The minimum absolute atomic E-state index is 0.269. The molecule has 3 heteroatoms. The summed E-state index contributed by atoms with van der Waals surface area (Å²) in [6.07, 6.45) is 4.71. The molecule has 0 bridgehead atoms. The molecule has 98 valence electrons. The lowest BCUT2D eigenvalue weighted by atomic mass is 9.92. The number of pyridine rings is 1. The van der Waals surface area contributed by atoms with Gasteiger partial charge in [-0.15, -0.1) is 0 Å². The van der Waals surface area contributed by atoms with E-state index in [1.165, 1.54) is 5.56 Å². The zero-order valence-corrected chi connectivity index (χ0v) is 11.8. The van der Waals surface area contributed by atoms with Gasteiger partial charge in [-0.1, -0.05) is 27.7 Å². The van der Waals surface area contributed by atoms with Crippen molar-refractivity contribution < 1.29 is 4.74 Å². The summed E-state index contributed by atoms with van der Waals surface area (Å²) >= 11 is 0. The highest BCUT2D eigenvalue weighted by Gasteiger charge is 2.19. The van der Waals surface area contributed by atoms with Crippen molar-refractivity contribution in [3.8, 4) is 5.75 Å². The predicted octanol–water partition coefficient (Wildman–Crippen LogP) is 2.96. The topological polar surface area (TPSA) is 48.1 Å². The van der Waals surface area contributed by atoms with Crippen LogP contribution in [0.1, 0.15) is 45.4 Å². The molecule has 1 aliphatic carbocycles. The smallest absolute Gasteiger partial charge is 0.125 e. The van der Waals surface area contributed by atoms with Gasteiger partial charge in [0.15, 0.2) is 0 Å². The molecule has 1 aliphatic rings. The Balaban J connectivity index is 0.000000581. The van der Waals surface area contributed by atoms with Crippen LogP contribution in [0.5, 0.6) is 5.75 Å². The minimum atomic E-state index is 0.269. The molecular formula is C14H26N2O. The average molecular weight is 238 g/mol. The summed E-state index contributed by atoms with van der Waals surface area (Å²) in [6.45, 7) is 8.00. The van der Waals surface area contributed by atoms with Crippen LogP contribution < -0.4 is 10.5 Å². The van der Waals surface area contributed by atoms with E-state index in [2.05, 4.69) is 4.98 Å².